The Labute approximate surface area is 333 Å². The van der Waals surface area contributed by atoms with Crippen molar-refractivity contribution in [1.29, 1.82) is 0 Å². The summed E-state index contributed by atoms with van der Waals surface area (Å²) in [5.74, 6) is -0.862. The summed E-state index contributed by atoms with van der Waals surface area (Å²) in [6.07, 6.45) is -1.26. The van der Waals surface area contributed by atoms with Crippen LogP contribution < -0.4 is 10.9 Å². The molecular formula is C40H43F3N8O6S. The van der Waals surface area contributed by atoms with Crippen LogP contribution in [0.25, 0.3) is 27.6 Å². The fourth-order valence-electron chi connectivity index (χ4n) is 6.79. The predicted octanol–water partition coefficient (Wildman–Crippen LogP) is 5.25. The number of rotatable bonds is 9. The number of amides is 2. The number of quaternary nitrogens is 1. The van der Waals surface area contributed by atoms with Gasteiger partial charge >= 0.3 is 6.18 Å². The van der Waals surface area contributed by atoms with Crippen LogP contribution in [0.1, 0.15) is 35.7 Å². The van der Waals surface area contributed by atoms with Crippen molar-refractivity contribution in [1.82, 2.24) is 29.4 Å². The van der Waals surface area contributed by atoms with Gasteiger partial charge in [-0.25, -0.2) is 22.6 Å². The van der Waals surface area contributed by atoms with Gasteiger partial charge in [0.15, 0.2) is 5.69 Å². The first-order chi connectivity index (χ1) is 27.2. The normalized spacial score (nSPS) is 14.8. The van der Waals surface area contributed by atoms with Crippen molar-refractivity contribution in [2.45, 2.75) is 36.9 Å². The molecule has 3 aromatic carbocycles. The second-order valence-corrected chi connectivity index (χ2v) is 16.1. The van der Waals surface area contributed by atoms with E-state index in [1.165, 1.54) is 65.9 Å². The number of likely N-dealkylation sites (N-methyl/N-ethyl adjacent to an activating group) is 1. The summed E-state index contributed by atoms with van der Waals surface area (Å²) in [7, 11) is 3.25. The second kappa shape index (κ2) is 17.2. The van der Waals surface area contributed by atoms with E-state index in [1.54, 1.807) is 48.3 Å². The van der Waals surface area contributed by atoms with Crippen molar-refractivity contribution in [3.05, 3.63) is 124 Å². The van der Waals surface area contributed by atoms with Gasteiger partial charge in [-0.1, -0.05) is 36.4 Å². The average Bonchev–Trinajstić information content (AvgIpc) is 3.76. The molecule has 0 saturated carbocycles. The highest BCUT2D eigenvalue weighted by molar-refractivity contribution is 7.85. The maximum atomic E-state index is 14.1. The Hall–Kier alpha value is -6.03. The molecule has 58 heavy (non-hydrogen) atoms. The number of nitrogens with one attached hydrogen (secondary N) is 1. The number of halogens is 3. The zero-order valence-electron chi connectivity index (χ0n) is 32.5. The largest absolute Gasteiger partial charge is 0.744 e. The van der Waals surface area contributed by atoms with Gasteiger partial charge in [0.2, 0.25) is 5.91 Å². The van der Waals surface area contributed by atoms with Crippen molar-refractivity contribution in [2.75, 3.05) is 40.8 Å². The van der Waals surface area contributed by atoms with Crippen LogP contribution in [0.3, 0.4) is 0 Å². The molecule has 3 heterocycles. The molecule has 0 bridgehead atoms. The van der Waals surface area contributed by atoms with Gasteiger partial charge in [-0.15, -0.1) is 0 Å². The van der Waals surface area contributed by atoms with Gasteiger partial charge in [0, 0.05) is 33.5 Å². The maximum Gasteiger partial charge on any atom is 0.416 e. The molecule has 0 radical (unpaired) electrons. The zero-order valence-corrected chi connectivity index (χ0v) is 33.3. The van der Waals surface area contributed by atoms with Crippen molar-refractivity contribution < 1.29 is 40.2 Å². The first-order valence-corrected chi connectivity index (χ1v) is 19.5. The lowest BCUT2D eigenvalue weighted by Crippen LogP contribution is -2.50. The minimum atomic E-state index is -4.67. The summed E-state index contributed by atoms with van der Waals surface area (Å²) in [4.78, 5) is 46.3. The number of piperidine rings is 1. The molecule has 2 amide bonds. The monoisotopic (exact) mass is 820 g/mol. The molecule has 14 nitrogen and oxygen atoms in total. The molecule has 1 fully saturated rings. The van der Waals surface area contributed by atoms with Gasteiger partial charge in [-0.2, -0.15) is 18.3 Å². The Morgan fingerprint density at radius 2 is 1.66 bits per heavy atom. The first-order valence-electron chi connectivity index (χ1n) is 18.1. The van der Waals surface area contributed by atoms with E-state index in [2.05, 4.69) is 29.4 Å². The molecule has 0 aliphatic carbocycles. The molecule has 0 spiro atoms. The highest BCUT2D eigenvalue weighted by Gasteiger charge is 2.34. The molecule has 5 aromatic rings. The summed E-state index contributed by atoms with van der Waals surface area (Å²) in [5.41, 5.74) is -1.06. The Morgan fingerprint density at radius 3 is 2.22 bits per heavy atom. The lowest BCUT2D eigenvalue weighted by molar-refractivity contribution is -0.896. The Kier molecular flexibility index (Phi) is 12.8. The standard InChI is InChI=1S/C34H37F3N8O3.C6H6O3S/c1-22(32(47)41(3)21-23-15-18-45(5,6)19-16-23)40-31(46)29-30(28-14-17-39-43(28)26-12-10-25(38-2)11-13-26)42(4)44(33(29)48)27-9-7-8-24(20-27)34(35,36)37;7-10(8,9)6-4-2-1-3-5-6/h7-14,17,20,22-23H,15-16,18-19,21H2,1,3-6H3;1-5H,(H,7,8,9)/t22-;/m0./s1. The van der Waals surface area contributed by atoms with E-state index in [4.69, 9.17) is 6.57 Å². The second-order valence-electron chi connectivity index (χ2n) is 14.7. The summed E-state index contributed by atoms with van der Waals surface area (Å²) in [6.45, 7) is 11.3. The van der Waals surface area contributed by atoms with E-state index >= 15 is 0 Å². The van der Waals surface area contributed by atoms with Crippen LogP contribution >= 0.6 is 0 Å². The fraction of sp³-hybridized carbons (Fsp3) is 0.325. The third kappa shape index (κ3) is 9.91. The number of aromatic nitrogens is 4. The van der Waals surface area contributed by atoms with Gasteiger partial charge < -0.3 is 19.3 Å². The summed E-state index contributed by atoms with van der Waals surface area (Å²) in [6, 6.07) is 18.5. The molecule has 18 heteroatoms. The van der Waals surface area contributed by atoms with Crippen LogP contribution in [0.15, 0.2) is 101 Å². The molecule has 1 aliphatic rings. The Morgan fingerprint density at radius 1 is 1.02 bits per heavy atom. The van der Waals surface area contributed by atoms with Gasteiger partial charge in [-0.3, -0.25) is 19.1 Å². The number of carbonyl (C=O) groups excluding carboxylic acids is 2. The van der Waals surface area contributed by atoms with E-state index in [0.29, 0.717) is 23.8 Å². The summed E-state index contributed by atoms with van der Waals surface area (Å²) in [5, 5.41) is 7.04. The number of hydrogen-bond acceptors (Lipinski definition) is 7. The van der Waals surface area contributed by atoms with Crippen LogP contribution in [0.2, 0.25) is 0 Å². The van der Waals surface area contributed by atoms with Gasteiger partial charge in [-0.05, 0) is 61.4 Å². The van der Waals surface area contributed by atoms with Crippen molar-refractivity contribution >= 4 is 27.6 Å². The molecule has 1 atom stereocenters. The lowest BCUT2D eigenvalue weighted by Gasteiger charge is -2.38. The van der Waals surface area contributed by atoms with E-state index in [1.807, 2.05) is 0 Å². The van der Waals surface area contributed by atoms with Crippen molar-refractivity contribution in [3.8, 4) is 22.8 Å². The van der Waals surface area contributed by atoms with Crippen molar-refractivity contribution in [3.63, 3.8) is 0 Å². The topological polar surface area (TPSA) is 156 Å². The van der Waals surface area contributed by atoms with Gasteiger partial charge in [0.1, 0.15) is 27.4 Å². The molecule has 1 saturated heterocycles. The zero-order chi connectivity index (χ0) is 42.6. The van der Waals surface area contributed by atoms with Crippen LogP contribution in [-0.4, -0.2) is 100 Å². The van der Waals surface area contributed by atoms with Crippen LogP contribution in [0, 0.1) is 12.5 Å². The Bertz CT molecular complexity index is 2480. The number of carbonyl (C=O) groups is 2. The van der Waals surface area contributed by atoms with Crippen LogP contribution in [0.5, 0.6) is 0 Å². The highest BCUT2D eigenvalue weighted by Crippen LogP contribution is 2.32. The van der Waals surface area contributed by atoms with Crippen LogP contribution in [-0.2, 0) is 28.1 Å². The first kappa shape index (κ1) is 43.1. The molecular weight excluding hydrogens is 778 g/mol. The predicted molar refractivity (Wildman–Crippen MR) is 208 cm³/mol. The van der Waals surface area contributed by atoms with E-state index < -0.39 is 39.4 Å². The smallest absolute Gasteiger partial charge is 0.416 e. The minimum Gasteiger partial charge on any atom is -0.744 e. The number of benzene rings is 3. The van der Waals surface area contributed by atoms with Gasteiger partial charge in [0.05, 0.1) is 67.5 Å². The number of hydrogen-bond donors (Lipinski definition) is 1. The fourth-order valence-corrected chi connectivity index (χ4v) is 7.28. The third-order valence-electron chi connectivity index (χ3n) is 9.96. The average molecular weight is 821 g/mol. The third-order valence-corrected chi connectivity index (χ3v) is 10.8. The van der Waals surface area contributed by atoms with Gasteiger partial charge in [0.25, 0.3) is 11.5 Å². The molecule has 0 unspecified atom stereocenters. The molecule has 1 N–H and O–H groups in total. The SMILES string of the molecule is O=S(=O)([O-])c1ccccc1.[C-]#[N+]c1ccc(-n2nccc2-c2c(C(=O)N[C@@H](C)C(=O)N(C)CC3CC[N+](C)(C)CC3)c(=O)n(-c3cccc(C(F)(F)F)c3)n2C)cc1. The number of nitrogens with zero attached hydrogens (tertiary/aromatic N) is 7. The highest BCUT2D eigenvalue weighted by atomic mass is 32.2. The van der Waals surface area contributed by atoms with E-state index in [0.717, 1.165) is 47.2 Å². The molecule has 6 rings (SSSR count). The summed E-state index contributed by atoms with van der Waals surface area (Å²) >= 11 is 0. The molecule has 1 aliphatic heterocycles. The number of alkyl halides is 3. The number of likely N-dealkylation sites (tertiary alicyclic amines) is 1. The maximum absolute atomic E-state index is 14.1. The van der Waals surface area contributed by atoms with Crippen LogP contribution in [0.4, 0.5) is 18.9 Å². The van der Waals surface area contributed by atoms with Crippen molar-refractivity contribution in [2.24, 2.45) is 13.0 Å². The molecule has 2 aromatic heterocycles. The quantitative estimate of drug-likeness (QED) is 0.121. The molecule has 306 valence electrons. The van der Waals surface area contributed by atoms with E-state index in [9.17, 15) is 40.5 Å². The Balaban J connectivity index is 0.000000559. The lowest BCUT2D eigenvalue weighted by atomic mass is 9.95. The van der Waals surface area contributed by atoms with E-state index in [-0.39, 0.29) is 33.4 Å². The summed E-state index contributed by atoms with van der Waals surface area (Å²) < 4.78 is 76.5. The minimum absolute atomic E-state index is 0.0672.